The summed E-state index contributed by atoms with van der Waals surface area (Å²) in [7, 11) is 0. The fourth-order valence-electron chi connectivity index (χ4n) is 1.39. The number of carbonyl (C=O) groups is 1. The van der Waals surface area contributed by atoms with E-state index in [2.05, 4.69) is 4.98 Å². The molecule has 0 spiro atoms. The lowest BCUT2D eigenvalue weighted by molar-refractivity contribution is -0.141. The van der Waals surface area contributed by atoms with Gasteiger partial charge in [0.25, 0.3) is 0 Å². The van der Waals surface area contributed by atoms with Crippen LogP contribution in [0.5, 0.6) is 0 Å². The highest BCUT2D eigenvalue weighted by molar-refractivity contribution is 7.99. The van der Waals surface area contributed by atoms with E-state index < -0.39 is 17.8 Å². The second-order valence-electron chi connectivity index (χ2n) is 3.91. The molecule has 1 rings (SSSR count). The van der Waals surface area contributed by atoms with Crippen LogP contribution in [0.15, 0.2) is 17.2 Å². The Morgan fingerprint density at radius 1 is 1.37 bits per heavy atom. The summed E-state index contributed by atoms with van der Waals surface area (Å²) in [6.07, 6.45) is -1.80. The highest BCUT2D eigenvalue weighted by atomic mass is 32.2. The van der Waals surface area contributed by atoms with Crippen LogP contribution in [0, 0.1) is 0 Å². The van der Waals surface area contributed by atoms with Gasteiger partial charge >= 0.3 is 12.1 Å². The molecule has 3 nitrogen and oxygen atoms in total. The number of thioether (sulfide) groups is 1. The Morgan fingerprint density at radius 2 is 2.05 bits per heavy atom. The number of aromatic nitrogens is 1. The molecule has 1 N–H and O–H groups in total. The van der Waals surface area contributed by atoms with Crippen molar-refractivity contribution >= 4 is 17.7 Å². The number of rotatable bonds is 6. The molecule has 1 heterocycles. The molecule has 0 fully saturated rings. The largest absolute Gasteiger partial charge is 0.478 e. The standard InChI is InChI=1S/C12H14F3NO2S/c1-2-3-4-7-19-10-8(11(17)18)5-6-9(16-10)12(13,14)15/h5-6H,2-4,7H2,1H3,(H,17,18). The number of hydrogen-bond donors (Lipinski definition) is 1. The SMILES string of the molecule is CCCCCSc1nc(C(F)(F)F)ccc1C(=O)O. The first-order valence-electron chi connectivity index (χ1n) is 5.80. The minimum Gasteiger partial charge on any atom is -0.478 e. The quantitative estimate of drug-likeness (QED) is 0.634. The molecule has 0 unspecified atom stereocenters. The Balaban J connectivity index is 2.93. The Labute approximate surface area is 113 Å². The van der Waals surface area contributed by atoms with Gasteiger partial charge in [0.05, 0.1) is 5.56 Å². The fourth-order valence-corrected chi connectivity index (χ4v) is 2.41. The van der Waals surface area contributed by atoms with Crippen LogP contribution >= 0.6 is 11.8 Å². The molecule has 1 aromatic rings. The van der Waals surface area contributed by atoms with E-state index in [1.807, 2.05) is 6.92 Å². The van der Waals surface area contributed by atoms with Crippen molar-refractivity contribution in [3.8, 4) is 0 Å². The van der Waals surface area contributed by atoms with E-state index in [0.717, 1.165) is 37.1 Å². The van der Waals surface area contributed by atoms with E-state index in [1.54, 1.807) is 0 Å². The van der Waals surface area contributed by atoms with Gasteiger partial charge < -0.3 is 5.11 Å². The lowest BCUT2D eigenvalue weighted by Gasteiger charge is -2.10. The first kappa shape index (κ1) is 15.8. The molecule has 0 aliphatic heterocycles. The summed E-state index contributed by atoms with van der Waals surface area (Å²) in [6, 6.07) is 1.65. The monoisotopic (exact) mass is 293 g/mol. The third kappa shape index (κ3) is 4.74. The minimum absolute atomic E-state index is 0.0709. The Bertz CT molecular complexity index is 449. The summed E-state index contributed by atoms with van der Waals surface area (Å²) in [5.41, 5.74) is -1.25. The predicted molar refractivity (Wildman–Crippen MR) is 66.4 cm³/mol. The average Bonchev–Trinajstić information content (AvgIpc) is 2.33. The van der Waals surface area contributed by atoms with Gasteiger partial charge in [0.15, 0.2) is 0 Å². The van der Waals surface area contributed by atoms with Gasteiger partial charge in [-0.05, 0) is 24.3 Å². The number of alkyl halides is 3. The molecule has 0 saturated carbocycles. The van der Waals surface area contributed by atoms with Crippen molar-refractivity contribution in [2.75, 3.05) is 5.75 Å². The first-order chi connectivity index (χ1) is 8.86. The van der Waals surface area contributed by atoms with E-state index >= 15 is 0 Å². The van der Waals surface area contributed by atoms with Gasteiger partial charge in [0, 0.05) is 0 Å². The van der Waals surface area contributed by atoms with Crippen LogP contribution in [0.1, 0.15) is 42.2 Å². The molecule has 7 heteroatoms. The minimum atomic E-state index is -4.56. The maximum atomic E-state index is 12.5. The molecule has 0 aliphatic carbocycles. The normalized spacial score (nSPS) is 11.6. The number of nitrogens with zero attached hydrogens (tertiary/aromatic N) is 1. The zero-order valence-electron chi connectivity index (χ0n) is 10.3. The molecule has 19 heavy (non-hydrogen) atoms. The van der Waals surface area contributed by atoms with Crippen molar-refractivity contribution in [3.63, 3.8) is 0 Å². The zero-order valence-corrected chi connectivity index (χ0v) is 11.1. The lowest BCUT2D eigenvalue weighted by atomic mass is 10.2. The van der Waals surface area contributed by atoms with Crippen molar-refractivity contribution in [3.05, 3.63) is 23.4 Å². The van der Waals surface area contributed by atoms with Crippen LogP contribution in [0.2, 0.25) is 0 Å². The second-order valence-corrected chi connectivity index (χ2v) is 4.99. The van der Waals surface area contributed by atoms with Crippen molar-refractivity contribution in [1.29, 1.82) is 0 Å². The Morgan fingerprint density at radius 3 is 2.58 bits per heavy atom. The molecule has 0 radical (unpaired) electrons. The van der Waals surface area contributed by atoms with Crippen LogP contribution in [0.3, 0.4) is 0 Å². The number of hydrogen-bond acceptors (Lipinski definition) is 3. The van der Waals surface area contributed by atoms with Gasteiger partial charge in [0.2, 0.25) is 0 Å². The lowest BCUT2D eigenvalue weighted by Crippen LogP contribution is -2.11. The summed E-state index contributed by atoms with van der Waals surface area (Å²) in [4.78, 5) is 14.4. The van der Waals surface area contributed by atoms with Crippen LogP contribution in [0.4, 0.5) is 13.2 Å². The molecule has 0 atom stereocenters. The number of aromatic carboxylic acids is 1. The molecule has 1 aromatic heterocycles. The summed E-state index contributed by atoms with van der Waals surface area (Å²) >= 11 is 1.05. The van der Waals surface area contributed by atoms with Gasteiger partial charge in [-0.2, -0.15) is 13.2 Å². The number of carboxylic acid groups (broad SMARTS) is 1. The predicted octanol–water partition coefficient (Wildman–Crippen LogP) is 4.08. The van der Waals surface area contributed by atoms with E-state index in [9.17, 15) is 18.0 Å². The number of unbranched alkanes of at least 4 members (excludes halogenated alkanes) is 2. The van der Waals surface area contributed by atoms with Crippen LogP contribution in [-0.2, 0) is 6.18 Å². The van der Waals surface area contributed by atoms with Crippen molar-refractivity contribution < 1.29 is 23.1 Å². The molecule has 0 aliphatic rings. The topological polar surface area (TPSA) is 50.2 Å². The van der Waals surface area contributed by atoms with E-state index in [1.165, 1.54) is 0 Å². The van der Waals surface area contributed by atoms with Gasteiger partial charge in [-0.25, -0.2) is 9.78 Å². The number of pyridine rings is 1. The molecular formula is C12H14F3NO2S. The molecule has 0 saturated heterocycles. The third-order valence-corrected chi connectivity index (χ3v) is 3.45. The summed E-state index contributed by atoms with van der Waals surface area (Å²) < 4.78 is 37.6. The highest BCUT2D eigenvalue weighted by Crippen LogP contribution is 2.31. The van der Waals surface area contributed by atoms with Crippen molar-refractivity contribution in [1.82, 2.24) is 4.98 Å². The van der Waals surface area contributed by atoms with E-state index in [0.29, 0.717) is 11.8 Å². The van der Waals surface area contributed by atoms with Crippen LogP contribution < -0.4 is 0 Å². The third-order valence-electron chi connectivity index (χ3n) is 2.37. The Hall–Kier alpha value is -1.24. The number of carboxylic acids is 1. The van der Waals surface area contributed by atoms with Crippen molar-refractivity contribution in [2.24, 2.45) is 0 Å². The molecule has 106 valence electrons. The molecular weight excluding hydrogens is 279 g/mol. The maximum Gasteiger partial charge on any atom is 0.433 e. The fraction of sp³-hybridized carbons (Fsp3) is 0.500. The van der Waals surface area contributed by atoms with Gasteiger partial charge in [-0.15, -0.1) is 11.8 Å². The van der Waals surface area contributed by atoms with E-state index in [-0.39, 0.29) is 10.6 Å². The van der Waals surface area contributed by atoms with Gasteiger partial charge in [0.1, 0.15) is 10.7 Å². The average molecular weight is 293 g/mol. The molecule has 0 bridgehead atoms. The summed E-state index contributed by atoms with van der Waals surface area (Å²) in [5, 5.41) is 8.86. The number of halogens is 3. The van der Waals surface area contributed by atoms with Crippen LogP contribution in [0.25, 0.3) is 0 Å². The maximum absolute atomic E-state index is 12.5. The summed E-state index contributed by atoms with van der Waals surface area (Å²) in [6.45, 7) is 2.01. The summed E-state index contributed by atoms with van der Waals surface area (Å²) in [5.74, 6) is -0.707. The highest BCUT2D eigenvalue weighted by Gasteiger charge is 2.33. The first-order valence-corrected chi connectivity index (χ1v) is 6.79. The van der Waals surface area contributed by atoms with E-state index in [4.69, 9.17) is 5.11 Å². The molecule has 0 aromatic carbocycles. The van der Waals surface area contributed by atoms with Crippen LogP contribution in [-0.4, -0.2) is 21.8 Å². The Kier molecular flexibility index (Phi) is 5.65. The second kappa shape index (κ2) is 6.79. The zero-order chi connectivity index (χ0) is 14.5. The van der Waals surface area contributed by atoms with Gasteiger partial charge in [-0.1, -0.05) is 19.8 Å². The molecule has 0 amide bonds. The van der Waals surface area contributed by atoms with Crippen molar-refractivity contribution in [2.45, 2.75) is 37.4 Å². The smallest absolute Gasteiger partial charge is 0.433 e. The van der Waals surface area contributed by atoms with Gasteiger partial charge in [-0.3, -0.25) is 0 Å².